The lowest BCUT2D eigenvalue weighted by molar-refractivity contribution is 0.104. The Balaban J connectivity index is 2.01. The van der Waals surface area contributed by atoms with Crippen LogP contribution in [0.3, 0.4) is 0 Å². The second kappa shape index (κ2) is 4.82. The number of fused-ring (bicyclic) bond motifs is 1. The van der Waals surface area contributed by atoms with E-state index in [1.807, 2.05) is 35.7 Å². The Bertz CT molecular complexity index is 748. The Morgan fingerprint density at radius 2 is 2.16 bits per heavy atom. The maximum Gasteiger partial charge on any atom is 0.203 e. The first-order valence-corrected chi connectivity index (χ1v) is 6.68. The largest absolute Gasteiger partial charge is 0.496 e. The maximum atomic E-state index is 12.4. The van der Waals surface area contributed by atoms with Crippen LogP contribution in [-0.4, -0.2) is 17.9 Å². The fourth-order valence-corrected chi connectivity index (χ4v) is 2.72. The first kappa shape index (κ1) is 11.9. The van der Waals surface area contributed by atoms with Crippen LogP contribution in [-0.2, 0) is 0 Å². The van der Waals surface area contributed by atoms with Gasteiger partial charge in [0.15, 0.2) is 0 Å². The van der Waals surface area contributed by atoms with Crippen LogP contribution >= 0.6 is 11.3 Å². The van der Waals surface area contributed by atoms with Gasteiger partial charge in [-0.15, -0.1) is 11.3 Å². The lowest BCUT2D eigenvalue weighted by Crippen LogP contribution is -1.98. The van der Waals surface area contributed by atoms with Crippen LogP contribution in [0.1, 0.15) is 15.2 Å². The van der Waals surface area contributed by atoms with Crippen LogP contribution < -0.4 is 4.74 Å². The predicted molar refractivity (Wildman–Crippen MR) is 76.0 cm³/mol. The highest BCUT2D eigenvalue weighted by molar-refractivity contribution is 7.12. The molecule has 94 valence electrons. The van der Waals surface area contributed by atoms with Crippen molar-refractivity contribution in [1.82, 2.24) is 4.98 Å². The summed E-state index contributed by atoms with van der Waals surface area (Å²) < 4.78 is 5.10. The summed E-state index contributed by atoms with van der Waals surface area (Å²) in [5, 5.41) is 2.80. The first-order chi connectivity index (χ1) is 9.28. The molecule has 0 aliphatic carbocycles. The van der Waals surface area contributed by atoms with Gasteiger partial charge in [0, 0.05) is 28.6 Å². The molecule has 0 aliphatic heterocycles. The van der Waals surface area contributed by atoms with Gasteiger partial charge in [0.2, 0.25) is 5.78 Å². The molecule has 0 saturated heterocycles. The number of ether oxygens (including phenoxy) is 1. The van der Waals surface area contributed by atoms with Gasteiger partial charge in [-0.2, -0.15) is 0 Å². The second-order valence-corrected chi connectivity index (χ2v) is 5.00. The molecular formula is C15H11NO2S. The maximum absolute atomic E-state index is 12.4. The minimum Gasteiger partial charge on any atom is -0.496 e. The zero-order valence-corrected chi connectivity index (χ0v) is 11.1. The highest BCUT2D eigenvalue weighted by Crippen LogP contribution is 2.24. The molecule has 0 N–H and O–H groups in total. The first-order valence-electron chi connectivity index (χ1n) is 5.80. The van der Waals surface area contributed by atoms with Crippen LogP contribution in [0.4, 0.5) is 0 Å². The Kier molecular flexibility index (Phi) is 3.01. The summed E-state index contributed by atoms with van der Waals surface area (Å²) >= 11 is 1.39. The minimum atomic E-state index is 0.0130. The molecule has 2 aromatic heterocycles. The van der Waals surface area contributed by atoms with Gasteiger partial charge in [-0.1, -0.05) is 6.07 Å². The number of thiophene rings is 1. The molecule has 2 heterocycles. The standard InChI is InChI=1S/C15H11NO2S/c1-18-12-8-14(19-9-12)15(17)11-4-5-13-10(7-11)3-2-6-16-13/h2-9H,1H3. The number of hydrogen-bond donors (Lipinski definition) is 0. The van der Waals surface area contributed by atoms with E-state index in [-0.39, 0.29) is 5.78 Å². The Morgan fingerprint density at radius 1 is 1.26 bits per heavy atom. The fourth-order valence-electron chi connectivity index (χ4n) is 1.90. The van der Waals surface area contributed by atoms with Gasteiger partial charge < -0.3 is 4.74 Å². The summed E-state index contributed by atoms with van der Waals surface area (Å²) in [4.78, 5) is 17.3. The molecule has 0 atom stereocenters. The third-order valence-electron chi connectivity index (χ3n) is 2.90. The van der Waals surface area contributed by atoms with Gasteiger partial charge in [0.1, 0.15) is 5.75 Å². The van der Waals surface area contributed by atoms with Crippen LogP contribution in [0, 0.1) is 0 Å². The molecule has 0 radical (unpaired) electrons. The van der Waals surface area contributed by atoms with Crippen LogP contribution in [0.15, 0.2) is 48.0 Å². The average molecular weight is 269 g/mol. The molecule has 1 aromatic carbocycles. The quantitative estimate of drug-likeness (QED) is 0.683. The van der Waals surface area contributed by atoms with Crippen LogP contribution in [0.2, 0.25) is 0 Å². The number of carbonyl (C=O) groups excluding carboxylic acids is 1. The zero-order valence-electron chi connectivity index (χ0n) is 10.3. The molecule has 0 bridgehead atoms. The summed E-state index contributed by atoms with van der Waals surface area (Å²) in [6.45, 7) is 0. The van der Waals surface area contributed by atoms with Crippen molar-refractivity contribution in [3.05, 3.63) is 58.4 Å². The normalized spacial score (nSPS) is 10.6. The lowest BCUT2D eigenvalue weighted by Gasteiger charge is -2.01. The number of carbonyl (C=O) groups is 1. The summed E-state index contributed by atoms with van der Waals surface area (Å²) in [5.74, 6) is 0.731. The van der Waals surface area contributed by atoms with Crippen molar-refractivity contribution < 1.29 is 9.53 Å². The molecule has 0 aliphatic rings. The average Bonchev–Trinajstić information content (AvgIpc) is 2.95. The minimum absolute atomic E-state index is 0.0130. The lowest BCUT2D eigenvalue weighted by atomic mass is 10.1. The Labute approximate surface area is 114 Å². The number of hydrogen-bond acceptors (Lipinski definition) is 4. The summed E-state index contributed by atoms with van der Waals surface area (Å²) in [7, 11) is 1.60. The summed E-state index contributed by atoms with van der Waals surface area (Å²) in [6, 6.07) is 11.1. The van der Waals surface area contributed by atoms with Crippen LogP contribution in [0.5, 0.6) is 5.75 Å². The van der Waals surface area contributed by atoms with E-state index in [1.165, 1.54) is 11.3 Å². The monoisotopic (exact) mass is 269 g/mol. The highest BCUT2D eigenvalue weighted by Gasteiger charge is 2.12. The number of ketones is 1. The van der Waals surface area contributed by atoms with E-state index in [0.717, 1.165) is 16.7 Å². The van der Waals surface area contributed by atoms with Crippen LogP contribution in [0.25, 0.3) is 10.9 Å². The van der Waals surface area contributed by atoms with Gasteiger partial charge in [-0.25, -0.2) is 0 Å². The van der Waals surface area contributed by atoms with E-state index in [1.54, 1.807) is 19.4 Å². The molecule has 19 heavy (non-hydrogen) atoms. The van der Waals surface area contributed by atoms with Crippen molar-refractivity contribution in [2.24, 2.45) is 0 Å². The number of rotatable bonds is 3. The van der Waals surface area contributed by atoms with E-state index in [9.17, 15) is 4.79 Å². The van der Waals surface area contributed by atoms with E-state index in [2.05, 4.69) is 4.98 Å². The predicted octanol–water partition coefficient (Wildman–Crippen LogP) is 3.54. The third kappa shape index (κ3) is 2.22. The molecule has 3 aromatic rings. The SMILES string of the molecule is COc1csc(C(=O)c2ccc3ncccc3c2)c1. The smallest absolute Gasteiger partial charge is 0.203 e. The van der Waals surface area contributed by atoms with E-state index in [0.29, 0.717) is 10.4 Å². The topological polar surface area (TPSA) is 39.2 Å². The summed E-state index contributed by atoms with van der Waals surface area (Å²) in [5.41, 5.74) is 1.56. The Morgan fingerprint density at radius 3 is 2.95 bits per heavy atom. The molecule has 0 spiro atoms. The van der Waals surface area contributed by atoms with Gasteiger partial charge in [0.05, 0.1) is 17.5 Å². The van der Waals surface area contributed by atoms with Gasteiger partial charge in [0.25, 0.3) is 0 Å². The number of nitrogens with zero attached hydrogens (tertiary/aromatic N) is 1. The van der Waals surface area contributed by atoms with E-state index in [4.69, 9.17) is 4.74 Å². The molecule has 3 nitrogen and oxygen atoms in total. The van der Waals surface area contributed by atoms with Crippen molar-refractivity contribution >= 4 is 28.0 Å². The van der Waals surface area contributed by atoms with Gasteiger partial charge in [-0.3, -0.25) is 9.78 Å². The van der Waals surface area contributed by atoms with Crippen molar-refractivity contribution in [2.75, 3.05) is 7.11 Å². The zero-order chi connectivity index (χ0) is 13.2. The van der Waals surface area contributed by atoms with Gasteiger partial charge in [-0.05, 0) is 24.3 Å². The van der Waals surface area contributed by atoms with E-state index >= 15 is 0 Å². The second-order valence-electron chi connectivity index (χ2n) is 4.09. The number of methoxy groups -OCH3 is 1. The number of benzene rings is 1. The van der Waals surface area contributed by atoms with Gasteiger partial charge >= 0.3 is 0 Å². The Hall–Kier alpha value is -2.20. The summed E-state index contributed by atoms with van der Waals surface area (Å²) in [6.07, 6.45) is 1.74. The number of pyridine rings is 1. The molecule has 3 rings (SSSR count). The molecule has 0 saturated carbocycles. The molecular weight excluding hydrogens is 258 g/mol. The van der Waals surface area contributed by atoms with E-state index < -0.39 is 0 Å². The molecule has 0 unspecified atom stereocenters. The van der Waals surface area contributed by atoms with Crippen molar-refractivity contribution in [3.8, 4) is 5.75 Å². The van der Waals surface area contributed by atoms with Crippen molar-refractivity contribution in [3.63, 3.8) is 0 Å². The number of aromatic nitrogens is 1. The highest BCUT2D eigenvalue weighted by atomic mass is 32.1. The third-order valence-corrected chi connectivity index (χ3v) is 3.81. The molecule has 0 amide bonds. The van der Waals surface area contributed by atoms with Crippen molar-refractivity contribution in [2.45, 2.75) is 0 Å². The molecule has 4 heteroatoms. The van der Waals surface area contributed by atoms with Crippen molar-refractivity contribution in [1.29, 1.82) is 0 Å². The molecule has 0 fully saturated rings. The fraction of sp³-hybridized carbons (Fsp3) is 0.0667.